The van der Waals surface area contributed by atoms with Gasteiger partial charge >= 0.3 is 0 Å². The van der Waals surface area contributed by atoms with Gasteiger partial charge in [0.25, 0.3) is 0 Å². The predicted molar refractivity (Wildman–Crippen MR) is 45.1 cm³/mol. The van der Waals surface area contributed by atoms with Crippen LogP contribution in [0.2, 0.25) is 0 Å². The van der Waals surface area contributed by atoms with Gasteiger partial charge in [-0.05, 0) is 18.3 Å². The molecule has 0 saturated heterocycles. The van der Waals surface area contributed by atoms with E-state index in [2.05, 4.69) is 20.8 Å². The average molecular weight is 144 g/mol. The number of ether oxygens (including phenoxy) is 1. The molecule has 0 radical (unpaired) electrons. The zero-order chi connectivity index (χ0) is 7.98. The topological polar surface area (TPSA) is 9.23 Å². The van der Waals surface area contributed by atoms with Crippen molar-refractivity contribution >= 4 is 0 Å². The van der Waals surface area contributed by atoms with E-state index >= 15 is 0 Å². The third kappa shape index (κ3) is 3.89. The Kier molecular flexibility index (Phi) is 5.70. The maximum absolute atomic E-state index is 5.01. The van der Waals surface area contributed by atoms with Crippen molar-refractivity contribution in [3.05, 3.63) is 0 Å². The molecule has 0 rings (SSSR count). The normalized spacial score (nSPS) is 16.8. The van der Waals surface area contributed by atoms with Crippen LogP contribution in [0.5, 0.6) is 0 Å². The van der Waals surface area contributed by atoms with Gasteiger partial charge in [0.15, 0.2) is 0 Å². The SMILES string of the molecule is CCC(C)C(C)CCOC. The fraction of sp³-hybridized carbons (Fsp3) is 1.00. The van der Waals surface area contributed by atoms with Gasteiger partial charge in [-0.2, -0.15) is 0 Å². The van der Waals surface area contributed by atoms with Gasteiger partial charge in [-0.25, -0.2) is 0 Å². The summed E-state index contributed by atoms with van der Waals surface area (Å²) in [4.78, 5) is 0. The Balaban J connectivity index is 3.31. The van der Waals surface area contributed by atoms with Gasteiger partial charge in [-0.1, -0.05) is 27.2 Å². The molecule has 0 saturated carbocycles. The molecule has 10 heavy (non-hydrogen) atoms. The second kappa shape index (κ2) is 5.72. The second-order valence-electron chi connectivity index (χ2n) is 3.14. The van der Waals surface area contributed by atoms with Crippen LogP contribution in [0.25, 0.3) is 0 Å². The summed E-state index contributed by atoms with van der Waals surface area (Å²) in [5, 5.41) is 0. The van der Waals surface area contributed by atoms with Crippen LogP contribution >= 0.6 is 0 Å². The molecule has 62 valence electrons. The number of hydrogen-bond donors (Lipinski definition) is 0. The van der Waals surface area contributed by atoms with Gasteiger partial charge < -0.3 is 4.74 Å². The smallest absolute Gasteiger partial charge is 0.0464 e. The molecule has 0 aliphatic carbocycles. The minimum Gasteiger partial charge on any atom is -0.385 e. The molecule has 1 nitrogen and oxygen atoms in total. The first kappa shape index (κ1) is 9.96. The molecular weight excluding hydrogens is 124 g/mol. The van der Waals surface area contributed by atoms with Crippen LogP contribution in [0.15, 0.2) is 0 Å². The lowest BCUT2D eigenvalue weighted by molar-refractivity contribution is 0.167. The van der Waals surface area contributed by atoms with Gasteiger partial charge in [-0.15, -0.1) is 0 Å². The Morgan fingerprint density at radius 3 is 2.20 bits per heavy atom. The Morgan fingerprint density at radius 2 is 1.80 bits per heavy atom. The highest BCUT2D eigenvalue weighted by atomic mass is 16.5. The van der Waals surface area contributed by atoms with Crippen LogP contribution in [0.3, 0.4) is 0 Å². The van der Waals surface area contributed by atoms with Crippen molar-refractivity contribution in [3.8, 4) is 0 Å². The zero-order valence-electron chi connectivity index (χ0n) is 7.68. The van der Waals surface area contributed by atoms with Crippen LogP contribution < -0.4 is 0 Å². The van der Waals surface area contributed by atoms with Crippen molar-refractivity contribution in [2.24, 2.45) is 11.8 Å². The molecule has 0 amide bonds. The first-order chi connectivity index (χ1) is 4.72. The third-order valence-electron chi connectivity index (χ3n) is 2.39. The minimum absolute atomic E-state index is 0.810. The molecule has 0 aliphatic rings. The molecule has 0 bridgehead atoms. The molecule has 2 atom stereocenters. The maximum atomic E-state index is 5.01. The molecule has 0 aromatic heterocycles. The number of rotatable bonds is 5. The van der Waals surface area contributed by atoms with Crippen molar-refractivity contribution < 1.29 is 4.74 Å². The Hall–Kier alpha value is -0.0400. The average Bonchev–Trinajstić information content (AvgIpc) is 1.98. The lowest BCUT2D eigenvalue weighted by Crippen LogP contribution is -2.09. The van der Waals surface area contributed by atoms with Gasteiger partial charge in [0, 0.05) is 13.7 Å². The first-order valence-corrected chi connectivity index (χ1v) is 4.21. The molecule has 1 heteroatoms. The standard InChI is InChI=1S/C9H20O/c1-5-8(2)9(3)6-7-10-4/h8-9H,5-7H2,1-4H3. The predicted octanol–water partition coefficient (Wildman–Crippen LogP) is 2.71. The summed E-state index contributed by atoms with van der Waals surface area (Å²) >= 11 is 0. The van der Waals surface area contributed by atoms with E-state index in [-0.39, 0.29) is 0 Å². The van der Waals surface area contributed by atoms with Crippen LogP contribution in [-0.4, -0.2) is 13.7 Å². The van der Waals surface area contributed by atoms with Crippen molar-refractivity contribution in [2.45, 2.75) is 33.6 Å². The van der Waals surface area contributed by atoms with Crippen molar-refractivity contribution in [1.82, 2.24) is 0 Å². The van der Waals surface area contributed by atoms with Crippen LogP contribution in [0, 0.1) is 11.8 Å². The molecule has 0 spiro atoms. The Bertz CT molecular complexity index is 71.1. The fourth-order valence-electron chi connectivity index (χ4n) is 0.991. The Labute approximate surface area is 64.8 Å². The molecule has 2 unspecified atom stereocenters. The maximum Gasteiger partial charge on any atom is 0.0464 e. The van der Waals surface area contributed by atoms with Gasteiger partial charge in [0.05, 0.1) is 0 Å². The zero-order valence-corrected chi connectivity index (χ0v) is 7.68. The highest BCUT2D eigenvalue weighted by Crippen LogP contribution is 2.17. The minimum atomic E-state index is 0.810. The summed E-state index contributed by atoms with van der Waals surface area (Å²) < 4.78 is 5.01. The summed E-state index contributed by atoms with van der Waals surface area (Å²) in [5.74, 6) is 1.65. The summed E-state index contributed by atoms with van der Waals surface area (Å²) in [6.45, 7) is 7.76. The molecule has 0 N–H and O–H groups in total. The largest absolute Gasteiger partial charge is 0.385 e. The molecule has 0 fully saturated rings. The summed E-state index contributed by atoms with van der Waals surface area (Å²) in [6.07, 6.45) is 2.48. The molecule has 0 aliphatic heterocycles. The van der Waals surface area contributed by atoms with Gasteiger partial charge in [0.1, 0.15) is 0 Å². The van der Waals surface area contributed by atoms with E-state index in [1.165, 1.54) is 12.8 Å². The number of hydrogen-bond acceptors (Lipinski definition) is 1. The van der Waals surface area contributed by atoms with E-state index in [0.29, 0.717) is 0 Å². The van der Waals surface area contributed by atoms with E-state index in [9.17, 15) is 0 Å². The Morgan fingerprint density at radius 1 is 1.20 bits per heavy atom. The fourth-order valence-corrected chi connectivity index (χ4v) is 0.991. The van der Waals surface area contributed by atoms with E-state index in [0.717, 1.165) is 18.4 Å². The third-order valence-corrected chi connectivity index (χ3v) is 2.39. The van der Waals surface area contributed by atoms with E-state index in [1.807, 2.05) is 0 Å². The van der Waals surface area contributed by atoms with Crippen LogP contribution in [-0.2, 0) is 4.74 Å². The number of methoxy groups -OCH3 is 1. The quantitative estimate of drug-likeness (QED) is 0.576. The van der Waals surface area contributed by atoms with E-state index in [4.69, 9.17) is 4.74 Å². The molecular formula is C9H20O. The highest BCUT2D eigenvalue weighted by molar-refractivity contribution is 4.59. The summed E-state index contributed by atoms with van der Waals surface area (Å²) in [5.41, 5.74) is 0. The molecule has 0 heterocycles. The molecule has 0 aromatic carbocycles. The van der Waals surface area contributed by atoms with E-state index in [1.54, 1.807) is 7.11 Å². The second-order valence-corrected chi connectivity index (χ2v) is 3.14. The van der Waals surface area contributed by atoms with Crippen LogP contribution in [0.1, 0.15) is 33.6 Å². The lowest BCUT2D eigenvalue weighted by atomic mass is 9.91. The molecule has 0 aromatic rings. The summed E-state index contributed by atoms with van der Waals surface area (Å²) in [7, 11) is 1.77. The van der Waals surface area contributed by atoms with Crippen LogP contribution in [0.4, 0.5) is 0 Å². The van der Waals surface area contributed by atoms with Crippen molar-refractivity contribution in [1.29, 1.82) is 0 Å². The first-order valence-electron chi connectivity index (χ1n) is 4.21. The monoisotopic (exact) mass is 144 g/mol. The van der Waals surface area contributed by atoms with E-state index < -0.39 is 0 Å². The van der Waals surface area contributed by atoms with Gasteiger partial charge in [-0.3, -0.25) is 0 Å². The van der Waals surface area contributed by atoms with Crippen molar-refractivity contribution in [2.75, 3.05) is 13.7 Å². The summed E-state index contributed by atoms with van der Waals surface area (Å²) in [6, 6.07) is 0. The lowest BCUT2D eigenvalue weighted by Gasteiger charge is -2.16. The van der Waals surface area contributed by atoms with Gasteiger partial charge in [0.2, 0.25) is 0 Å². The highest BCUT2D eigenvalue weighted by Gasteiger charge is 2.08. The van der Waals surface area contributed by atoms with Crippen molar-refractivity contribution in [3.63, 3.8) is 0 Å².